The monoisotopic (exact) mass is 408 g/mol. The van der Waals surface area contributed by atoms with Gasteiger partial charge in [-0.1, -0.05) is 42.1 Å². The molecular formula is C19H12N4OS3. The SMILES string of the molecule is O=c1[nH]c(CSc2ncnc3scc(-c4ccccc4)c23)nc2ccsc12. The zero-order chi connectivity index (χ0) is 18.2. The standard InChI is InChI=1S/C19H12N4OS3/c24-17-16-13(6-7-25-16)22-14(23-17)9-27-19-15-12(11-4-2-1-3-5-11)8-26-18(15)20-10-21-19/h1-8,10H,9H2,(H,22,23,24). The molecule has 0 fully saturated rings. The van der Waals surface area contributed by atoms with Crippen molar-refractivity contribution in [2.24, 2.45) is 0 Å². The van der Waals surface area contributed by atoms with Gasteiger partial charge in [0.1, 0.15) is 26.7 Å². The summed E-state index contributed by atoms with van der Waals surface area (Å²) in [5.74, 6) is 1.19. The number of aromatic nitrogens is 4. The van der Waals surface area contributed by atoms with Crippen molar-refractivity contribution in [2.75, 3.05) is 0 Å². The zero-order valence-corrected chi connectivity index (χ0v) is 16.3. The smallest absolute Gasteiger partial charge is 0.268 e. The first kappa shape index (κ1) is 16.6. The maximum atomic E-state index is 12.2. The largest absolute Gasteiger partial charge is 0.309 e. The van der Waals surface area contributed by atoms with Gasteiger partial charge in [0.2, 0.25) is 0 Å². The van der Waals surface area contributed by atoms with Gasteiger partial charge in [-0.2, -0.15) is 0 Å². The highest BCUT2D eigenvalue weighted by atomic mass is 32.2. The molecule has 0 saturated heterocycles. The predicted octanol–water partition coefficient (Wildman–Crippen LogP) is 4.95. The Hall–Kier alpha value is -2.55. The van der Waals surface area contributed by atoms with Crippen LogP contribution in [0.4, 0.5) is 0 Å². The maximum absolute atomic E-state index is 12.2. The molecule has 132 valence electrons. The van der Waals surface area contributed by atoms with Crippen molar-refractivity contribution in [3.63, 3.8) is 0 Å². The summed E-state index contributed by atoms with van der Waals surface area (Å²) in [4.78, 5) is 29.5. The average Bonchev–Trinajstić information content (AvgIpc) is 3.34. The van der Waals surface area contributed by atoms with Crippen LogP contribution in [-0.2, 0) is 5.75 Å². The van der Waals surface area contributed by atoms with Crippen molar-refractivity contribution >= 4 is 54.9 Å². The molecule has 8 heteroatoms. The van der Waals surface area contributed by atoms with Crippen molar-refractivity contribution in [3.05, 3.63) is 69.7 Å². The summed E-state index contributed by atoms with van der Waals surface area (Å²) < 4.78 is 0.664. The molecule has 0 aliphatic heterocycles. The lowest BCUT2D eigenvalue weighted by molar-refractivity contribution is 1.04. The van der Waals surface area contributed by atoms with E-state index in [4.69, 9.17) is 0 Å². The molecule has 0 unspecified atom stereocenters. The highest BCUT2D eigenvalue weighted by Gasteiger charge is 2.14. The fourth-order valence-corrected chi connectivity index (χ4v) is 5.50. The molecule has 5 aromatic rings. The van der Waals surface area contributed by atoms with Crippen molar-refractivity contribution in [1.29, 1.82) is 0 Å². The lowest BCUT2D eigenvalue weighted by Crippen LogP contribution is -2.09. The van der Waals surface area contributed by atoms with E-state index in [1.54, 1.807) is 29.4 Å². The molecule has 4 aromatic heterocycles. The fraction of sp³-hybridized carbons (Fsp3) is 0.0526. The number of aromatic amines is 1. The Labute approximate surface area is 166 Å². The van der Waals surface area contributed by atoms with Gasteiger partial charge in [0.25, 0.3) is 5.56 Å². The predicted molar refractivity (Wildman–Crippen MR) is 113 cm³/mol. The van der Waals surface area contributed by atoms with Crippen molar-refractivity contribution < 1.29 is 0 Å². The third-order valence-electron chi connectivity index (χ3n) is 4.13. The molecule has 0 atom stereocenters. The molecular weight excluding hydrogens is 396 g/mol. The number of H-pyrrole nitrogens is 1. The zero-order valence-electron chi connectivity index (χ0n) is 13.9. The van der Waals surface area contributed by atoms with Gasteiger partial charge in [0, 0.05) is 10.9 Å². The van der Waals surface area contributed by atoms with Crippen LogP contribution in [0.2, 0.25) is 0 Å². The van der Waals surface area contributed by atoms with Gasteiger partial charge in [-0.25, -0.2) is 15.0 Å². The summed E-state index contributed by atoms with van der Waals surface area (Å²) in [5.41, 5.74) is 2.94. The fourth-order valence-electron chi connectivity index (χ4n) is 2.91. The molecule has 0 bridgehead atoms. The number of rotatable bonds is 4. The summed E-state index contributed by atoms with van der Waals surface area (Å²) in [6.45, 7) is 0. The molecule has 0 aliphatic rings. The Morgan fingerprint density at radius 3 is 2.85 bits per heavy atom. The van der Waals surface area contributed by atoms with Gasteiger partial charge in [0.05, 0.1) is 16.7 Å². The van der Waals surface area contributed by atoms with Gasteiger partial charge < -0.3 is 4.98 Å². The topological polar surface area (TPSA) is 71.5 Å². The first-order valence-electron chi connectivity index (χ1n) is 8.16. The Balaban J connectivity index is 1.53. The second-order valence-electron chi connectivity index (χ2n) is 5.81. The van der Waals surface area contributed by atoms with E-state index in [0.29, 0.717) is 16.3 Å². The van der Waals surface area contributed by atoms with Crippen LogP contribution in [-0.4, -0.2) is 19.9 Å². The van der Waals surface area contributed by atoms with Crippen molar-refractivity contribution in [2.45, 2.75) is 10.8 Å². The summed E-state index contributed by atoms with van der Waals surface area (Å²) in [6, 6.07) is 12.1. The van der Waals surface area contributed by atoms with E-state index in [2.05, 4.69) is 37.4 Å². The van der Waals surface area contributed by atoms with E-state index in [-0.39, 0.29) is 5.56 Å². The normalized spacial score (nSPS) is 11.4. The van der Waals surface area contributed by atoms with Crippen molar-refractivity contribution in [1.82, 2.24) is 19.9 Å². The van der Waals surface area contributed by atoms with E-state index >= 15 is 0 Å². The highest BCUT2D eigenvalue weighted by molar-refractivity contribution is 7.98. The van der Waals surface area contributed by atoms with E-state index in [1.807, 2.05) is 29.6 Å². The molecule has 0 aliphatic carbocycles. The molecule has 5 rings (SSSR count). The molecule has 0 saturated carbocycles. The number of nitrogens with one attached hydrogen (secondary N) is 1. The van der Waals surface area contributed by atoms with E-state index in [0.717, 1.165) is 31.9 Å². The number of hydrogen-bond acceptors (Lipinski definition) is 7. The first-order valence-corrected chi connectivity index (χ1v) is 10.9. The lowest BCUT2D eigenvalue weighted by Gasteiger charge is -2.05. The Kier molecular flexibility index (Phi) is 4.23. The molecule has 1 aromatic carbocycles. The van der Waals surface area contributed by atoms with Crippen LogP contribution in [0.5, 0.6) is 0 Å². The molecule has 0 radical (unpaired) electrons. The van der Waals surface area contributed by atoms with Crippen LogP contribution >= 0.6 is 34.4 Å². The Bertz CT molecular complexity index is 1310. The van der Waals surface area contributed by atoms with Crippen LogP contribution in [0.25, 0.3) is 31.6 Å². The van der Waals surface area contributed by atoms with Crippen LogP contribution in [0, 0.1) is 0 Å². The van der Waals surface area contributed by atoms with Crippen molar-refractivity contribution in [3.8, 4) is 11.1 Å². The Morgan fingerprint density at radius 1 is 1.07 bits per heavy atom. The highest BCUT2D eigenvalue weighted by Crippen LogP contribution is 2.38. The third kappa shape index (κ3) is 3.05. The first-order chi connectivity index (χ1) is 13.3. The second-order valence-corrected chi connectivity index (χ2v) is 8.55. The number of thioether (sulfide) groups is 1. The number of fused-ring (bicyclic) bond motifs is 2. The average molecular weight is 409 g/mol. The summed E-state index contributed by atoms with van der Waals surface area (Å²) >= 11 is 4.58. The summed E-state index contributed by atoms with van der Waals surface area (Å²) in [7, 11) is 0. The summed E-state index contributed by atoms with van der Waals surface area (Å²) in [5, 5.41) is 5.96. The van der Waals surface area contributed by atoms with Gasteiger partial charge in [-0.3, -0.25) is 4.79 Å². The van der Waals surface area contributed by atoms with E-state index in [1.165, 1.54) is 11.3 Å². The maximum Gasteiger partial charge on any atom is 0.268 e. The number of hydrogen-bond donors (Lipinski definition) is 1. The summed E-state index contributed by atoms with van der Waals surface area (Å²) in [6.07, 6.45) is 1.59. The minimum Gasteiger partial charge on any atom is -0.309 e. The van der Waals surface area contributed by atoms with Gasteiger partial charge in [-0.05, 0) is 17.0 Å². The van der Waals surface area contributed by atoms with Gasteiger partial charge in [-0.15, -0.1) is 22.7 Å². The number of benzene rings is 1. The van der Waals surface area contributed by atoms with Gasteiger partial charge >= 0.3 is 0 Å². The number of thiophene rings is 2. The molecule has 0 amide bonds. The molecule has 27 heavy (non-hydrogen) atoms. The quantitative estimate of drug-likeness (QED) is 0.337. The van der Waals surface area contributed by atoms with E-state index in [9.17, 15) is 4.79 Å². The second kappa shape index (κ2) is 6.88. The van der Waals surface area contributed by atoms with Crippen LogP contribution in [0.1, 0.15) is 5.82 Å². The third-order valence-corrected chi connectivity index (χ3v) is 6.92. The van der Waals surface area contributed by atoms with Crippen LogP contribution < -0.4 is 5.56 Å². The molecule has 4 heterocycles. The van der Waals surface area contributed by atoms with Gasteiger partial charge in [0.15, 0.2) is 0 Å². The van der Waals surface area contributed by atoms with Crippen LogP contribution in [0.3, 0.4) is 0 Å². The minimum absolute atomic E-state index is 0.0843. The van der Waals surface area contributed by atoms with Crippen LogP contribution in [0.15, 0.2) is 63.3 Å². The molecule has 0 spiro atoms. The molecule has 5 nitrogen and oxygen atoms in total. The molecule has 1 N–H and O–H groups in total. The lowest BCUT2D eigenvalue weighted by atomic mass is 10.1. The minimum atomic E-state index is -0.0843. The van der Waals surface area contributed by atoms with E-state index < -0.39 is 0 Å². The number of nitrogens with zero attached hydrogens (tertiary/aromatic N) is 3. The Morgan fingerprint density at radius 2 is 1.96 bits per heavy atom.